The summed E-state index contributed by atoms with van der Waals surface area (Å²) in [5, 5.41) is 5.21. The third-order valence-electron chi connectivity index (χ3n) is 5.38. The van der Waals surface area contributed by atoms with E-state index in [0.717, 1.165) is 16.5 Å². The minimum absolute atomic E-state index is 0.207. The molecule has 0 unspecified atom stereocenters. The zero-order chi connectivity index (χ0) is 24.9. The molecule has 1 N–H and O–H groups in total. The highest BCUT2D eigenvalue weighted by Crippen LogP contribution is 2.35. The predicted octanol–water partition coefficient (Wildman–Crippen LogP) is 5.77. The van der Waals surface area contributed by atoms with Crippen molar-refractivity contribution in [2.75, 3.05) is 20.8 Å². The van der Waals surface area contributed by atoms with Crippen LogP contribution in [0.1, 0.15) is 33.3 Å². The second-order valence-electron chi connectivity index (χ2n) is 7.61. The van der Waals surface area contributed by atoms with Gasteiger partial charge in [-0.15, -0.1) is 11.3 Å². The second kappa shape index (κ2) is 10.5. The molecule has 0 aliphatic rings. The van der Waals surface area contributed by atoms with Crippen molar-refractivity contribution in [2.24, 2.45) is 0 Å². The number of benzene rings is 2. The summed E-state index contributed by atoms with van der Waals surface area (Å²) < 4.78 is 25.2. The lowest BCUT2D eigenvalue weighted by Gasteiger charge is -2.10. The van der Waals surface area contributed by atoms with Gasteiger partial charge < -0.3 is 14.8 Å². The fourth-order valence-corrected chi connectivity index (χ4v) is 4.64. The maximum Gasteiger partial charge on any atom is 0.251 e. The van der Waals surface area contributed by atoms with Crippen molar-refractivity contribution in [1.82, 2.24) is 10.3 Å². The topological polar surface area (TPSA) is 77.5 Å². The van der Waals surface area contributed by atoms with E-state index in [9.17, 15) is 14.0 Å². The fourth-order valence-electron chi connectivity index (χ4n) is 3.67. The van der Waals surface area contributed by atoms with Crippen LogP contribution in [0.2, 0.25) is 0 Å². The Balaban J connectivity index is 1.59. The number of methoxy groups -OCH3 is 2. The summed E-state index contributed by atoms with van der Waals surface area (Å²) >= 11 is 1.29. The quantitative estimate of drug-likeness (QED) is 0.318. The number of hydrogen-bond acceptors (Lipinski definition) is 6. The summed E-state index contributed by atoms with van der Waals surface area (Å²) in [6, 6.07) is 13.2. The highest BCUT2D eigenvalue weighted by molar-refractivity contribution is 7.17. The zero-order valence-corrected chi connectivity index (χ0v) is 20.2. The van der Waals surface area contributed by atoms with Crippen LogP contribution in [-0.4, -0.2) is 37.4 Å². The Morgan fingerprint density at radius 1 is 1.09 bits per heavy atom. The number of amides is 1. The molecule has 35 heavy (non-hydrogen) atoms. The number of Topliss-reactive ketones (excluding diaryl/α,β-unsaturated/α-hetero) is 1. The highest BCUT2D eigenvalue weighted by atomic mass is 32.1. The molecule has 1 amide bonds. The number of hydrogen-bond donors (Lipinski definition) is 1. The molecular weight excluding hydrogens is 467 g/mol. The molecular formula is C27H23FN2O4S. The first-order valence-electron chi connectivity index (χ1n) is 10.8. The molecule has 0 bridgehead atoms. The number of nitrogens with one attached hydrogen (secondary N) is 1. The Hall–Kier alpha value is -4.04. The summed E-state index contributed by atoms with van der Waals surface area (Å²) in [5.74, 6) is -0.159. The van der Waals surface area contributed by atoms with E-state index in [-0.39, 0.29) is 23.8 Å². The first-order valence-corrected chi connectivity index (χ1v) is 11.7. The van der Waals surface area contributed by atoms with Gasteiger partial charge in [0.05, 0.1) is 31.2 Å². The Labute approximate surface area is 206 Å². The van der Waals surface area contributed by atoms with Gasteiger partial charge >= 0.3 is 0 Å². The van der Waals surface area contributed by atoms with Crippen LogP contribution >= 0.6 is 11.3 Å². The van der Waals surface area contributed by atoms with Crippen molar-refractivity contribution < 1.29 is 23.5 Å². The first kappa shape index (κ1) is 24.1. The van der Waals surface area contributed by atoms with Gasteiger partial charge in [-0.25, -0.2) is 9.37 Å². The molecule has 0 fully saturated rings. The summed E-state index contributed by atoms with van der Waals surface area (Å²) in [6.07, 6.45) is 3.72. The number of carbonyl (C=O) groups is 2. The number of fused-ring (bicyclic) bond motifs is 1. The van der Waals surface area contributed by atoms with E-state index >= 15 is 0 Å². The fraction of sp³-hybridized carbons (Fsp3) is 0.148. The number of pyridine rings is 1. The minimum Gasteiger partial charge on any atom is -0.493 e. The van der Waals surface area contributed by atoms with Crippen LogP contribution < -0.4 is 14.8 Å². The third-order valence-corrected chi connectivity index (χ3v) is 6.38. The Kier molecular flexibility index (Phi) is 7.22. The molecule has 2 aromatic heterocycles. The summed E-state index contributed by atoms with van der Waals surface area (Å²) in [7, 11) is 2.99. The molecule has 0 saturated heterocycles. The summed E-state index contributed by atoms with van der Waals surface area (Å²) in [6.45, 7) is 1.64. The van der Waals surface area contributed by atoms with Crippen LogP contribution in [-0.2, 0) is 0 Å². The van der Waals surface area contributed by atoms with Gasteiger partial charge in [0.1, 0.15) is 11.5 Å². The molecule has 0 saturated carbocycles. The molecule has 8 heteroatoms. The van der Waals surface area contributed by atoms with Gasteiger partial charge in [-0.2, -0.15) is 0 Å². The van der Waals surface area contributed by atoms with Gasteiger partial charge in [0.2, 0.25) is 0 Å². The van der Waals surface area contributed by atoms with Crippen molar-refractivity contribution in [3.63, 3.8) is 0 Å². The van der Waals surface area contributed by atoms with Gasteiger partial charge in [0.25, 0.3) is 5.91 Å². The van der Waals surface area contributed by atoms with Crippen LogP contribution in [0.4, 0.5) is 4.39 Å². The van der Waals surface area contributed by atoms with E-state index in [1.807, 2.05) is 36.6 Å². The van der Waals surface area contributed by atoms with E-state index in [2.05, 4.69) is 10.3 Å². The van der Waals surface area contributed by atoms with Crippen molar-refractivity contribution in [1.29, 1.82) is 0 Å². The number of ketones is 1. The van der Waals surface area contributed by atoms with Gasteiger partial charge in [-0.1, -0.05) is 24.3 Å². The Morgan fingerprint density at radius 3 is 2.63 bits per heavy atom. The molecule has 0 radical (unpaired) electrons. The average molecular weight is 491 g/mol. The maximum atomic E-state index is 14.2. The van der Waals surface area contributed by atoms with E-state index < -0.39 is 5.91 Å². The summed E-state index contributed by atoms with van der Waals surface area (Å²) in [5.41, 5.74) is 2.63. The van der Waals surface area contributed by atoms with Crippen LogP contribution in [0.3, 0.4) is 0 Å². The molecule has 0 aliphatic carbocycles. The number of nitrogens with zero attached hydrogens (tertiary/aromatic N) is 1. The molecule has 4 aromatic rings. The van der Waals surface area contributed by atoms with Gasteiger partial charge in [0, 0.05) is 21.9 Å². The lowest BCUT2D eigenvalue weighted by molar-refractivity contribution is 0.0902. The number of halogens is 1. The number of ether oxygens (including phenoxy) is 2. The van der Waals surface area contributed by atoms with Crippen molar-refractivity contribution in [3.8, 4) is 22.8 Å². The van der Waals surface area contributed by atoms with Crippen LogP contribution in [0, 0.1) is 5.82 Å². The molecule has 2 heterocycles. The number of allylic oxidation sites excluding steroid dienone is 1. The molecule has 2 aromatic carbocycles. The Morgan fingerprint density at radius 2 is 1.89 bits per heavy atom. The molecule has 0 spiro atoms. The van der Waals surface area contributed by atoms with Crippen molar-refractivity contribution in [3.05, 3.63) is 82.6 Å². The van der Waals surface area contributed by atoms with E-state index in [1.165, 1.54) is 31.6 Å². The number of aromatic nitrogens is 1. The van der Waals surface area contributed by atoms with Crippen LogP contribution in [0.25, 0.3) is 27.4 Å². The largest absolute Gasteiger partial charge is 0.493 e. The van der Waals surface area contributed by atoms with Crippen molar-refractivity contribution >= 4 is 39.2 Å². The summed E-state index contributed by atoms with van der Waals surface area (Å²) in [4.78, 5) is 30.2. The van der Waals surface area contributed by atoms with Gasteiger partial charge in [-0.05, 0) is 48.9 Å². The predicted molar refractivity (Wildman–Crippen MR) is 136 cm³/mol. The highest BCUT2D eigenvalue weighted by Gasteiger charge is 2.17. The SMILES string of the molecule is CC=Cc1cc(C(=O)CNC(=O)c2ccc(OC)c(OC)c2)nc(-c2csc3c(F)cccc23)c1. The second-order valence-corrected chi connectivity index (χ2v) is 8.49. The molecule has 0 atom stereocenters. The third kappa shape index (κ3) is 5.07. The minimum atomic E-state index is -0.427. The molecule has 0 aliphatic heterocycles. The van der Waals surface area contributed by atoms with Crippen LogP contribution in [0.5, 0.6) is 11.5 Å². The first-order chi connectivity index (χ1) is 16.9. The van der Waals surface area contributed by atoms with E-state index in [4.69, 9.17) is 9.47 Å². The normalized spacial score (nSPS) is 11.1. The number of rotatable bonds is 8. The number of thiophene rings is 1. The average Bonchev–Trinajstić information content (AvgIpc) is 3.32. The van der Waals surface area contributed by atoms with Crippen LogP contribution in [0.15, 0.2) is 60.0 Å². The standard InChI is InChI=1S/C27H23FN2O4S/c1-4-6-16-11-21(19-15-35-26-18(19)7-5-8-20(26)28)30-22(12-16)23(31)14-29-27(32)17-9-10-24(33-2)25(13-17)34-3/h4-13,15H,14H2,1-3H3,(H,29,32). The monoisotopic (exact) mass is 490 g/mol. The number of carbonyl (C=O) groups excluding carboxylic acids is 2. The lowest BCUT2D eigenvalue weighted by atomic mass is 10.1. The lowest BCUT2D eigenvalue weighted by Crippen LogP contribution is -2.30. The smallest absolute Gasteiger partial charge is 0.251 e. The molecule has 6 nitrogen and oxygen atoms in total. The van der Waals surface area contributed by atoms with Crippen molar-refractivity contribution in [2.45, 2.75) is 6.92 Å². The molecule has 178 valence electrons. The molecule has 4 rings (SSSR count). The van der Waals surface area contributed by atoms with E-state index in [0.29, 0.717) is 27.5 Å². The van der Waals surface area contributed by atoms with Gasteiger partial charge in [0.15, 0.2) is 17.3 Å². The van der Waals surface area contributed by atoms with E-state index in [1.54, 1.807) is 30.3 Å². The van der Waals surface area contributed by atoms with Gasteiger partial charge in [-0.3, -0.25) is 9.59 Å². The Bertz CT molecular complexity index is 1440. The zero-order valence-electron chi connectivity index (χ0n) is 19.4. The maximum absolute atomic E-state index is 14.2.